The van der Waals surface area contributed by atoms with E-state index in [2.05, 4.69) is 16.0 Å². The molecule has 0 saturated heterocycles. The van der Waals surface area contributed by atoms with Gasteiger partial charge in [-0.05, 0) is 69.7 Å². The van der Waals surface area contributed by atoms with E-state index < -0.39 is 23.4 Å². The van der Waals surface area contributed by atoms with Crippen LogP contribution in [-0.4, -0.2) is 28.6 Å². The second kappa shape index (κ2) is 10.1. The molecule has 176 valence electrons. The Bertz CT molecular complexity index is 1040. The summed E-state index contributed by atoms with van der Waals surface area (Å²) in [6.45, 7) is 7.24. The number of hydrogen-bond donors (Lipinski definition) is 4. The van der Waals surface area contributed by atoms with E-state index in [0.29, 0.717) is 11.4 Å². The van der Waals surface area contributed by atoms with E-state index in [1.807, 2.05) is 39.0 Å². The summed E-state index contributed by atoms with van der Waals surface area (Å²) in [7, 11) is 0. The Morgan fingerprint density at radius 1 is 0.939 bits per heavy atom. The Kier molecular flexibility index (Phi) is 7.41. The maximum absolute atomic E-state index is 13.3. The van der Waals surface area contributed by atoms with Crippen LogP contribution in [0, 0.1) is 26.7 Å². The molecule has 3 amide bonds. The molecule has 2 aromatic rings. The molecule has 3 rings (SSSR count). The van der Waals surface area contributed by atoms with Gasteiger partial charge in [-0.2, -0.15) is 0 Å². The number of aryl methyl sites for hydroxylation is 3. The molecule has 4 N–H and O–H groups in total. The third-order valence-electron chi connectivity index (χ3n) is 6.63. The third kappa shape index (κ3) is 5.53. The van der Waals surface area contributed by atoms with Crippen LogP contribution in [0.3, 0.4) is 0 Å². The molecule has 1 aliphatic rings. The topological polar surface area (TPSA) is 108 Å². The van der Waals surface area contributed by atoms with Gasteiger partial charge >= 0.3 is 12.0 Å². The smallest absolute Gasteiger partial charge is 0.329 e. The molecule has 7 nitrogen and oxygen atoms in total. The highest BCUT2D eigenvalue weighted by molar-refractivity contribution is 6.08. The number of rotatable bonds is 6. The lowest BCUT2D eigenvalue weighted by Crippen LogP contribution is -2.57. The van der Waals surface area contributed by atoms with Crippen molar-refractivity contribution in [2.45, 2.75) is 65.3 Å². The number of carboxylic acids is 1. The average Bonchev–Trinajstić information content (AvgIpc) is 2.78. The molecule has 1 aliphatic carbocycles. The molecule has 2 aromatic carbocycles. The Morgan fingerprint density at radius 2 is 1.58 bits per heavy atom. The summed E-state index contributed by atoms with van der Waals surface area (Å²) in [4.78, 5) is 38.2. The van der Waals surface area contributed by atoms with E-state index in [1.54, 1.807) is 25.1 Å². The second-order valence-corrected chi connectivity index (χ2v) is 9.19. The van der Waals surface area contributed by atoms with Gasteiger partial charge in [-0.1, -0.05) is 49.1 Å². The highest BCUT2D eigenvalue weighted by atomic mass is 16.4. The number of urea groups is 1. The van der Waals surface area contributed by atoms with Crippen LogP contribution in [-0.2, 0) is 4.79 Å². The van der Waals surface area contributed by atoms with Gasteiger partial charge in [-0.3, -0.25) is 4.79 Å². The number of carboxylic acid groups (broad SMARTS) is 1. The van der Waals surface area contributed by atoms with Gasteiger partial charge < -0.3 is 21.1 Å². The molecule has 0 radical (unpaired) electrons. The van der Waals surface area contributed by atoms with Crippen molar-refractivity contribution < 1.29 is 19.5 Å². The molecule has 0 spiro atoms. The Balaban J connectivity index is 1.83. The molecule has 0 heterocycles. The lowest BCUT2D eigenvalue weighted by Gasteiger charge is -2.37. The number of benzene rings is 2. The molecule has 1 atom stereocenters. The zero-order valence-electron chi connectivity index (χ0n) is 19.7. The summed E-state index contributed by atoms with van der Waals surface area (Å²) in [5, 5.41) is 18.4. The number of aliphatic carboxylic acids is 1. The average molecular weight is 452 g/mol. The van der Waals surface area contributed by atoms with Gasteiger partial charge in [0.05, 0.1) is 11.3 Å². The number of amides is 3. The molecular weight excluding hydrogens is 418 g/mol. The monoisotopic (exact) mass is 451 g/mol. The number of carbonyl (C=O) groups is 3. The summed E-state index contributed by atoms with van der Waals surface area (Å²) in [6.07, 6.45) is 4.53. The van der Waals surface area contributed by atoms with Gasteiger partial charge in [-0.25, -0.2) is 9.59 Å². The molecule has 0 aromatic heterocycles. The first-order valence-electron chi connectivity index (χ1n) is 11.4. The Hall–Kier alpha value is -3.35. The highest BCUT2D eigenvalue weighted by Gasteiger charge is 2.43. The predicted octanol–water partition coefficient (Wildman–Crippen LogP) is 5.41. The molecule has 1 saturated carbocycles. The first kappa shape index (κ1) is 24.3. The fraction of sp³-hybridized carbons (Fsp3) is 0.423. The van der Waals surface area contributed by atoms with Gasteiger partial charge in [0.2, 0.25) is 0 Å². The van der Waals surface area contributed by atoms with Crippen molar-refractivity contribution in [1.82, 2.24) is 5.32 Å². The summed E-state index contributed by atoms with van der Waals surface area (Å²) >= 11 is 0. The molecule has 0 bridgehead atoms. The lowest BCUT2D eigenvalue weighted by atomic mass is 9.75. The van der Waals surface area contributed by atoms with Crippen molar-refractivity contribution >= 4 is 29.3 Å². The summed E-state index contributed by atoms with van der Waals surface area (Å²) < 4.78 is 0. The minimum absolute atomic E-state index is 0.138. The number of para-hydroxylation sites is 1. The van der Waals surface area contributed by atoms with Crippen molar-refractivity contribution in [3.8, 4) is 0 Å². The highest BCUT2D eigenvalue weighted by Crippen LogP contribution is 2.33. The second-order valence-electron chi connectivity index (χ2n) is 9.19. The fourth-order valence-corrected chi connectivity index (χ4v) is 4.55. The van der Waals surface area contributed by atoms with Gasteiger partial charge in [0.15, 0.2) is 0 Å². The van der Waals surface area contributed by atoms with Crippen LogP contribution in [0.1, 0.15) is 66.1 Å². The van der Waals surface area contributed by atoms with E-state index in [4.69, 9.17) is 0 Å². The van der Waals surface area contributed by atoms with E-state index in [1.165, 1.54) is 0 Å². The normalized spacial score (nSPS) is 15.9. The molecule has 33 heavy (non-hydrogen) atoms. The van der Waals surface area contributed by atoms with Crippen molar-refractivity contribution in [2.75, 3.05) is 10.6 Å². The van der Waals surface area contributed by atoms with Gasteiger partial charge in [0.1, 0.15) is 5.54 Å². The fourth-order valence-electron chi connectivity index (χ4n) is 4.55. The van der Waals surface area contributed by atoms with Crippen LogP contribution >= 0.6 is 0 Å². The van der Waals surface area contributed by atoms with Crippen LogP contribution in [0.25, 0.3) is 0 Å². The molecule has 7 heteroatoms. The van der Waals surface area contributed by atoms with Crippen LogP contribution in [0.4, 0.5) is 16.2 Å². The van der Waals surface area contributed by atoms with Crippen molar-refractivity contribution in [2.24, 2.45) is 5.92 Å². The molecular formula is C26H33N3O4. The van der Waals surface area contributed by atoms with Crippen molar-refractivity contribution in [3.63, 3.8) is 0 Å². The van der Waals surface area contributed by atoms with E-state index in [0.717, 1.165) is 48.8 Å². The zero-order valence-corrected chi connectivity index (χ0v) is 19.7. The summed E-state index contributed by atoms with van der Waals surface area (Å²) in [6, 6.07) is 10.4. The maximum atomic E-state index is 13.3. The maximum Gasteiger partial charge on any atom is 0.329 e. The summed E-state index contributed by atoms with van der Waals surface area (Å²) in [5.74, 6) is -1.70. The minimum atomic E-state index is -1.38. The van der Waals surface area contributed by atoms with Crippen molar-refractivity contribution in [3.05, 3.63) is 58.7 Å². The largest absolute Gasteiger partial charge is 0.480 e. The molecule has 0 aliphatic heterocycles. The lowest BCUT2D eigenvalue weighted by molar-refractivity contribution is -0.146. The summed E-state index contributed by atoms with van der Waals surface area (Å²) in [5.41, 5.74) is 2.57. The first-order valence-corrected chi connectivity index (χ1v) is 11.4. The number of anilines is 2. The van der Waals surface area contributed by atoms with Crippen LogP contribution in [0.2, 0.25) is 0 Å². The van der Waals surface area contributed by atoms with Crippen LogP contribution in [0.15, 0.2) is 36.4 Å². The van der Waals surface area contributed by atoms with E-state index >= 15 is 0 Å². The zero-order chi connectivity index (χ0) is 24.2. The number of carbonyl (C=O) groups excluding carboxylic acids is 2. The van der Waals surface area contributed by atoms with E-state index in [-0.39, 0.29) is 11.5 Å². The molecule has 0 unspecified atom stereocenters. The quantitative estimate of drug-likeness (QED) is 0.471. The third-order valence-corrected chi connectivity index (χ3v) is 6.63. The Morgan fingerprint density at radius 3 is 2.18 bits per heavy atom. The van der Waals surface area contributed by atoms with Crippen molar-refractivity contribution in [1.29, 1.82) is 0 Å². The minimum Gasteiger partial charge on any atom is -0.480 e. The number of nitrogens with one attached hydrogen (secondary N) is 3. The number of hydrogen-bond acceptors (Lipinski definition) is 3. The Labute approximate surface area is 195 Å². The van der Waals surface area contributed by atoms with Gasteiger partial charge in [0.25, 0.3) is 5.91 Å². The van der Waals surface area contributed by atoms with Gasteiger partial charge in [0, 0.05) is 5.69 Å². The first-order chi connectivity index (χ1) is 15.6. The standard InChI is InChI=1S/C26H33N3O4/c1-16-13-14-21(27-25(33)28-22-17(2)9-8-10-18(22)3)20(15-16)23(30)29-26(4,24(31)32)19-11-6-5-7-12-19/h8-10,13-15,19H,5-7,11-12H2,1-4H3,(H,29,30)(H,31,32)(H2,27,28,33)/t26-/m0/s1. The van der Waals surface area contributed by atoms with E-state index in [9.17, 15) is 19.5 Å². The molecule has 1 fully saturated rings. The van der Waals surface area contributed by atoms with Gasteiger partial charge in [-0.15, -0.1) is 0 Å². The SMILES string of the molecule is Cc1ccc(NC(=O)Nc2c(C)cccc2C)c(C(=O)N[C@](C)(C(=O)O)C2CCCCC2)c1. The predicted molar refractivity (Wildman–Crippen MR) is 130 cm³/mol. The van der Waals surface area contributed by atoms with Crippen LogP contribution < -0.4 is 16.0 Å². The van der Waals surface area contributed by atoms with Crippen LogP contribution in [0.5, 0.6) is 0 Å².